The lowest BCUT2D eigenvalue weighted by molar-refractivity contribution is -0.134. The molecule has 0 aromatic heterocycles. The minimum atomic E-state index is -1.36. The van der Waals surface area contributed by atoms with Crippen LogP contribution in [0.2, 0.25) is 0 Å². The van der Waals surface area contributed by atoms with Gasteiger partial charge in [-0.2, -0.15) is 0 Å². The highest BCUT2D eigenvalue weighted by Crippen LogP contribution is 2.28. The maximum absolute atomic E-state index is 13.3. The Labute approximate surface area is 202 Å². The number of hydrogen-bond acceptors (Lipinski definition) is 4. The molecule has 2 N–H and O–H groups in total. The Morgan fingerprint density at radius 1 is 0.943 bits per heavy atom. The molecule has 4 rings (SSSR count). The first-order valence-corrected chi connectivity index (χ1v) is 11.2. The molecule has 35 heavy (non-hydrogen) atoms. The lowest BCUT2D eigenvalue weighted by Crippen LogP contribution is -2.43. The molecule has 0 saturated carbocycles. The van der Waals surface area contributed by atoms with Gasteiger partial charge in [-0.05, 0) is 41.3 Å². The van der Waals surface area contributed by atoms with E-state index in [9.17, 15) is 18.8 Å². The first-order valence-electron chi connectivity index (χ1n) is 11.2. The predicted octanol–water partition coefficient (Wildman–Crippen LogP) is 3.63. The van der Waals surface area contributed by atoms with Gasteiger partial charge in [0, 0.05) is 6.54 Å². The average molecular weight is 476 g/mol. The molecule has 1 fully saturated rings. The first-order chi connectivity index (χ1) is 16.8. The molecule has 180 valence electrons. The van der Waals surface area contributed by atoms with E-state index in [0.717, 1.165) is 21.6 Å². The minimum Gasteiger partial charge on any atom is -0.372 e. The Kier molecular flexibility index (Phi) is 7.22. The van der Waals surface area contributed by atoms with Gasteiger partial charge in [0.25, 0.3) is 5.91 Å². The molecular weight excluding hydrogens is 449 g/mol. The largest absolute Gasteiger partial charge is 0.372 e. The third-order valence-electron chi connectivity index (χ3n) is 5.86. The fourth-order valence-corrected chi connectivity index (χ4v) is 3.91. The molecule has 0 radical (unpaired) electrons. The number of rotatable bonds is 9. The van der Waals surface area contributed by atoms with Crippen molar-refractivity contribution in [3.63, 3.8) is 0 Å². The topological polar surface area (TPSA) is 87.7 Å². The number of urea groups is 1. The van der Waals surface area contributed by atoms with Crippen molar-refractivity contribution in [3.8, 4) is 0 Å². The summed E-state index contributed by atoms with van der Waals surface area (Å²) in [5, 5.41) is 5.35. The number of ether oxygens (including phenoxy) is 1. The van der Waals surface area contributed by atoms with Gasteiger partial charge >= 0.3 is 6.03 Å². The third-order valence-corrected chi connectivity index (χ3v) is 5.86. The molecule has 1 heterocycles. The standard InChI is InChI=1S/C27H26FN3O4/c1-27(22-10-12-23(28)13-11-22)25(33)31(26(34)30-27)16-24(32)29-15-20-8-5-9-21(14-20)18-35-17-19-6-3-2-4-7-19/h2-14H,15-18H2,1H3,(H,29,32)(H,30,34). The molecule has 1 saturated heterocycles. The molecule has 1 unspecified atom stereocenters. The van der Waals surface area contributed by atoms with Crippen LogP contribution in [-0.4, -0.2) is 29.3 Å². The number of nitrogens with one attached hydrogen (secondary N) is 2. The van der Waals surface area contributed by atoms with E-state index in [-0.39, 0.29) is 6.54 Å². The Morgan fingerprint density at radius 2 is 1.60 bits per heavy atom. The zero-order valence-electron chi connectivity index (χ0n) is 19.3. The van der Waals surface area contributed by atoms with E-state index in [1.807, 2.05) is 54.6 Å². The van der Waals surface area contributed by atoms with E-state index >= 15 is 0 Å². The minimum absolute atomic E-state index is 0.240. The highest BCUT2D eigenvalue weighted by atomic mass is 19.1. The van der Waals surface area contributed by atoms with E-state index in [2.05, 4.69) is 10.6 Å². The number of carbonyl (C=O) groups is 3. The van der Waals surface area contributed by atoms with Crippen LogP contribution < -0.4 is 10.6 Å². The fourth-order valence-electron chi connectivity index (χ4n) is 3.91. The molecule has 0 spiro atoms. The summed E-state index contributed by atoms with van der Waals surface area (Å²) in [5.74, 6) is -1.48. The summed E-state index contributed by atoms with van der Waals surface area (Å²) < 4.78 is 19.0. The van der Waals surface area contributed by atoms with Crippen LogP contribution in [0.3, 0.4) is 0 Å². The molecule has 7 nitrogen and oxygen atoms in total. The second kappa shape index (κ2) is 10.5. The molecule has 3 aromatic rings. The lowest BCUT2D eigenvalue weighted by Gasteiger charge is -2.22. The van der Waals surface area contributed by atoms with Gasteiger partial charge in [-0.25, -0.2) is 9.18 Å². The third kappa shape index (κ3) is 5.73. The van der Waals surface area contributed by atoms with Gasteiger partial charge in [0.15, 0.2) is 0 Å². The van der Waals surface area contributed by atoms with Crippen molar-refractivity contribution in [1.82, 2.24) is 15.5 Å². The monoisotopic (exact) mass is 475 g/mol. The molecule has 1 aliphatic rings. The molecule has 4 amide bonds. The molecule has 8 heteroatoms. The SMILES string of the molecule is CC1(c2ccc(F)cc2)NC(=O)N(CC(=O)NCc2cccc(COCc3ccccc3)c2)C1=O. The van der Waals surface area contributed by atoms with Crippen molar-refractivity contribution in [3.05, 3.63) is 107 Å². The maximum atomic E-state index is 13.3. The highest BCUT2D eigenvalue weighted by Gasteiger charge is 2.49. The lowest BCUT2D eigenvalue weighted by atomic mass is 9.92. The zero-order chi connectivity index (χ0) is 24.8. The second-order valence-electron chi connectivity index (χ2n) is 8.53. The van der Waals surface area contributed by atoms with Gasteiger partial charge in [0.2, 0.25) is 5.91 Å². The van der Waals surface area contributed by atoms with Crippen molar-refractivity contribution in [1.29, 1.82) is 0 Å². The van der Waals surface area contributed by atoms with Gasteiger partial charge < -0.3 is 15.4 Å². The maximum Gasteiger partial charge on any atom is 0.325 e. The summed E-state index contributed by atoms with van der Waals surface area (Å²) in [7, 11) is 0. The summed E-state index contributed by atoms with van der Waals surface area (Å²) >= 11 is 0. The fraction of sp³-hybridized carbons (Fsp3) is 0.222. The summed E-state index contributed by atoms with van der Waals surface area (Å²) in [6, 6.07) is 22.2. The van der Waals surface area contributed by atoms with Crippen molar-refractivity contribution < 1.29 is 23.5 Å². The Hall–Kier alpha value is -4.04. The van der Waals surface area contributed by atoms with Crippen molar-refractivity contribution >= 4 is 17.8 Å². The first kappa shape index (κ1) is 24.1. The predicted molar refractivity (Wildman–Crippen MR) is 127 cm³/mol. The molecule has 1 aliphatic heterocycles. The number of amides is 4. The quantitative estimate of drug-likeness (QED) is 0.463. The van der Waals surface area contributed by atoms with Gasteiger partial charge in [-0.15, -0.1) is 0 Å². The van der Waals surface area contributed by atoms with Crippen molar-refractivity contribution in [2.24, 2.45) is 0 Å². The van der Waals surface area contributed by atoms with Gasteiger partial charge in [0.1, 0.15) is 17.9 Å². The van der Waals surface area contributed by atoms with Crippen LogP contribution in [-0.2, 0) is 39.6 Å². The number of halogens is 1. The van der Waals surface area contributed by atoms with Crippen LogP contribution in [0, 0.1) is 5.82 Å². The van der Waals surface area contributed by atoms with E-state index in [1.165, 1.54) is 31.2 Å². The summed E-state index contributed by atoms with van der Waals surface area (Å²) in [5.41, 5.74) is 2.00. The van der Waals surface area contributed by atoms with Gasteiger partial charge in [0.05, 0.1) is 13.2 Å². The summed E-state index contributed by atoms with van der Waals surface area (Å²) in [6.07, 6.45) is 0. The molecule has 0 bridgehead atoms. The number of imide groups is 1. The van der Waals surface area contributed by atoms with E-state index in [0.29, 0.717) is 18.8 Å². The molecular formula is C27H26FN3O4. The van der Waals surface area contributed by atoms with Gasteiger partial charge in [-0.1, -0.05) is 66.7 Å². The number of carbonyl (C=O) groups excluding carboxylic acids is 3. The van der Waals surface area contributed by atoms with Crippen LogP contribution in [0.4, 0.5) is 9.18 Å². The number of benzene rings is 3. The summed E-state index contributed by atoms with van der Waals surface area (Å²) in [6.45, 7) is 2.29. The Bertz CT molecular complexity index is 1220. The van der Waals surface area contributed by atoms with E-state index in [1.54, 1.807) is 0 Å². The smallest absolute Gasteiger partial charge is 0.325 e. The van der Waals surface area contributed by atoms with Crippen LogP contribution >= 0.6 is 0 Å². The second-order valence-corrected chi connectivity index (χ2v) is 8.53. The molecule has 0 aliphatic carbocycles. The van der Waals surface area contributed by atoms with Crippen molar-refractivity contribution in [2.45, 2.75) is 32.2 Å². The zero-order valence-corrected chi connectivity index (χ0v) is 19.3. The normalized spacial score (nSPS) is 17.4. The number of nitrogens with zero attached hydrogens (tertiary/aromatic N) is 1. The number of hydrogen-bond donors (Lipinski definition) is 2. The molecule has 3 aromatic carbocycles. The average Bonchev–Trinajstić information content (AvgIpc) is 3.08. The van der Waals surface area contributed by atoms with Gasteiger partial charge in [-0.3, -0.25) is 14.5 Å². The van der Waals surface area contributed by atoms with Crippen LogP contribution in [0.5, 0.6) is 0 Å². The van der Waals surface area contributed by atoms with Crippen LogP contribution in [0.15, 0.2) is 78.9 Å². The highest BCUT2D eigenvalue weighted by molar-refractivity contribution is 6.09. The Morgan fingerprint density at radius 3 is 2.34 bits per heavy atom. The van der Waals surface area contributed by atoms with E-state index in [4.69, 9.17) is 4.74 Å². The van der Waals surface area contributed by atoms with E-state index < -0.39 is 35.7 Å². The molecule has 1 atom stereocenters. The van der Waals surface area contributed by atoms with Crippen LogP contribution in [0.1, 0.15) is 29.2 Å². The van der Waals surface area contributed by atoms with Crippen LogP contribution in [0.25, 0.3) is 0 Å². The summed E-state index contributed by atoms with van der Waals surface area (Å²) in [4.78, 5) is 38.7. The van der Waals surface area contributed by atoms with Crippen molar-refractivity contribution in [2.75, 3.05) is 6.54 Å². The Balaban J connectivity index is 1.29.